The first-order chi connectivity index (χ1) is 9.63. The van der Waals surface area contributed by atoms with Crippen molar-refractivity contribution in [3.8, 4) is 5.75 Å². The number of aromatic hydroxyl groups is 1. The van der Waals surface area contributed by atoms with Crippen molar-refractivity contribution in [2.45, 2.75) is 31.8 Å². The Morgan fingerprint density at radius 1 is 1.40 bits per heavy atom. The molecule has 0 radical (unpaired) electrons. The largest absolute Gasteiger partial charge is 0.508 e. The third-order valence-electron chi connectivity index (χ3n) is 3.86. The number of nitrogens with one attached hydrogen (secondary N) is 1. The van der Waals surface area contributed by atoms with Gasteiger partial charge in [0.2, 0.25) is 11.8 Å². The lowest BCUT2D eigenvalue weighted by molar-refractivity contribution is -0.137. The van der Waals surface area contributed by atoms with E-state index in [2.05, 4.69) is 5.32 Å². The molecule has 1 saturated carbocycles. The summed E-state index contributed by atoms with van der Waals surface area (Å²) in [6, 6.07) is 7.27. The smallest absolute Gasteiger partial charge is 0.228 e. The Kier molecular flexibility index (Phi) is 3.34. The number of amides is 2. The van der Waals surface area contributed by atoms with Crippen LogP contribution < -0.4 is 5.32 Å². The Bertz CT molecular complexity index is 540. The third kappa shape index (κ3) is 2.76. The first-order valence-electron chi connectivity index (χ1n) is 6.98. The molecule has 1 aliphatic carbocycles. The molecule has 2 N–H and O–H groups in total. The van der Waals surface area contributed by atoms with E-state index in [1.165, 1.54) is 0 Å². The molecule has 2 amide bonds. The summed E-state index contributed by atoms with van der Waals surface area (Å²) in [5, 5.41) is 12.2. The van der Waals surface area contributed by atoms with Crippen LogP contribution in [0.15, 0.2) is 24.3 Å². The van der Waals surface area contributed by atoms with Gasteiger partial charge in [-0.3, -0.25) is 9.59 Å². The minimum atomic E-state index is -0.236. The molecule has 1 atom stereocenters. The van der Waals surface area contributed by atoms with E-state index < -0.39 is 0 Å². The highest BCUT2D eigenvalue weighted by atomic mass is 16.3. The number of phenols is 1. The van der Waals surface area contributed by atoms with E-state index in [0.717, 1.165) is 18.4 Å². The molecule has 2 fully saturated rings. The Hall–Kier alpha value is -2.04. The maximum atomic E-state index is 12.5. The Morgan fingerprint density at radius 3 is 2.80 bits per heavy atom. The van der Waals surface area contributed by atoms with Crippen LogP contribution in [0, 0.1) is 5.92 Å². The lowest BCUT2D eigenvalue weighted by Gasteiger charge is -2.25. The monoisotopic (exact) mass is 274 g/mol. The summed E-state index contributed by atoms with van der Waals surface area (Å²) in [6.07, 6.45) is 2.35. The molecular formula is C15H18N2O3. The Morgan fingerprint density at radius 2 is 2.20 bits per heavy atom. The summed E-state index contributed by atoms with van der Waals surface area (Å²) in [5.74, 6) is -0.0190. The number of hydrogen-bond acceptors (Lipinski definition) is 3. The zero-order valence-electron chi connectivity index (χ0n) is 11.2. The molecule has 0 aromatic heterocycles. The van der Waals surface area contributed by atoms with E-state index in [9.17, 15) is 14.7 Å². The fourth-order valence-corrected chi connectivity index (χ4v) is 2.64. The van der Waals surface area contributed by atoms with Crippen LogP contribution in [0.4, 0.5) is 0 Å². The van der Waals surface area contributed by atoms with Gasteiger partial charge in [-0.1, -0.05) is 12.1 Å². The SMILES string of the molecule is O=C1CC(C(=O)N(Cc2cccc(O)c2)C2CC2)CN1. The Labute approximate surface area is 117 Å². The van der Waals surface area contributed by atoms with Crippen LogP contribution in [-0.2, 0) is 16.1 Å². The van der Waals surface area contributed by atoms with Crippen molar-refractivity contribution in [3.63, 3.8) is 0 Å². The number of carbonyl (C=O) groups is 2. The van der Waals surface area contributed by atoms with E-state index in [0.29, 0.717) is 25.6 Å². The highest BCUT2D eigenvalue weighted by Gasteiger charge is 2.38. The number of hydrogen-bond donors (Lipinski definition) is 2. The predicted octanol–water partition coefficient (Wildman–Crippen LogP) is 1.02. The third-order valence-corrected chi connectivity index (χ3v) is 3.86. The molecule has 20 heavy (non-hydrogen) atoms. The fourth-order valence-electron chi connectivity index (χ4n) is 2.64. The molecule has 106 valence electrons. The summed E-state index contributed by atoms with van der Waals surface area (Å²) in [6.45, 7) is 0.948. The van der Waals surface area contributed by atoms with Crippen molar-refractivity contribution in [1.82, 2.24) is 10.2 Å². The van der Waals surface area contributed by atoms with Gasteiger partial charge in [-0.05, 0) is 30.5 Å². The van der Waals surface area contributed by atoms with Gasteiger partial charge in [0.15, 0.2) is 0 Å². The summed E-state index contributed by atoms with van der Waals surface area (Å²) in [7, 11) is 0. The molecule has 0 bridgehead atoms. The van der Waals surface area contributed by atoms with E-state index in [1.54, 1.807) is 18.2 Å². The normalized spacial score (nSPS) is 21.6. The molecule has 1 unspecified atom stereocenters. The van der Waals surface area contributed by atoms with E-state index in [-0.39, 0.29) is 23.5 Å². The van der Waals surface area contributed by atoms with Crippen molar-refractivity contribution in [1.29, 1.82) is 0 Å². The highest BCUT2D eigenvalue weighted by molar-refractivity contribution is 5.89. The topological polar surface area (TPSA) is 69.6 Å². The number of phenolic OH excluding ortho intramolecular Hbond substituents is 1. The van der Waals surface area contributed by atoms with Gasteiger partial charge in [-0.25, -0.2) is 0 Å². The van der Waals surface area contributed by atoms with Gasteiger partial charge in [0.25, 0.3) is 0 Å². The minimum absolute atomic E-state index is 0.0450. The lowest BCUT2D eigenvalue weighted by Crippen LogP contribution is -2.38. The van der Waals surface area contributed by atoms with Crippen LogP contribution in [-0.4, -0.2) is 34.4 Å². The van der Waals surface area contributed by atoms with Crippen molar-refractivity contribution in [2.24, 2.45) is 5.92 Å². The molecule has 1 aromatic rings. The molecule has 1 aliphatic heterocycles. The van der Waals surface area contributed by atoms with Crippen molar-refractivity contribution >= 4 is 11.8 Å². The van der Waals surface area contributed by atoms with Crippen molar-refractivity contribution in [3.05, 3.63) is 29.8 Å². The van der Waals surface area contributed by atoms with Gasteiger partial charge in [0, 0.05) is 25.6 Å². The van der Waals surface area contributed by atoms with E-state index in [1.807, 2.05) is 11.0 Å². The maximum absolute atomic E-state index is 12.5. The first-order valence-corrected chi connectivity index (χ1v) is 6.98. The van der Waals surface area contributed by atoms with Gasteiger partial charge in [0.05, 0.1) is 5.92 Å². The van der Waals surface area contributed by atoms with Gasteiger partial charge in [-0.2, -0.15) is 0 Å². The van der Waals surface area contributed by atoms with Gasteiger partial charge < -0.3 is 15.3 Å². The standard InChI is InChI=1S/C15H18N2O3/c18-13-3-1-2-10(6-13)9-17(12-4-5-12)15(20)11-7-14(19)16-8-11/h1-3,6,11-12,18H,4-5,7-9H2,(H,16,19). The van der Waals surface area contributed by atoms with Crippen molar-refractivity contribution < 1.29 is 14.7 Å². The number of carbonyl (C=O) groups excluding carboxylic acids is 2. The average Bonchev–Trinajstić information content (AvgIpc) is 3.17. The average molecular weight is 274 g/mol. The van der Waals surface area contributed by atoms with Gasteiger partial charge >= 0.3 is 0 Å². The molecule has 2 aliphatic rings. The second kappa shape index (κ2) is 5.15. The summed E-state index contributed by atoms with van der Waals surface area (Å²) in [5.41, 5.74) is 0.919. The molecule has 1 aromatic carbocycles. The summed E-state index contributed by atoms with van der Waals surface area (Å²) in [4.78, 5) is 25.6. The van der Waals surface area contributed by atoms with E-state index >= 15 is 0 Å². The number of rotatable bonds is 4. The second-order valence-corrected chi connectivity index (χ2v) is 5.57. The van der Waals surface area contributed by atoms with Gasteiger partial charge in [0.1, 0.15) is 5.75 Å². The Balaban J connectivity index is 1.72. The zero-order valence-corrected chi connectivity index (χ0v) is 11.2. The summed E-state index contributed by atoms with van der Waals surface area (Å²) < 4.78 is 0. The lowest BCUT2D eigenvalue weighted by atomic mass is 10.1. The number of nitrogens with zero attached hydrogens (tertiary/aromatic N) is 1. The minimum Gasteiger partial charge on any atom is -0.508 e. The quantitative estimate of drug-likeness (QED) is 0.861. The van der Waals surface area contributed by atoms with Crippen molar-refractivity contribution in [2.75, 3.05) is 6.54 Å². The summed E-state index contributed by atoms with van der Waals surface area (Å²) >= 11 is 0. The fraction of sp³-hybridized carbons (Fsp3) is 0.467. The first kappa shape index (κ1) is 13.0. The van der Waals surface area contributed by atoms with E-state index in [4.69, 9.17) is 0 Å². The number of benzene rings is 1. The molecule has 5 heteroatoms. The van der Waals surface area contributed by atoms with Crippen LogP contribution in [0.5, 0.6) is 5.75 Å². The maximum Gasteiger partial charge on any atom is 0.228 e. The molecule has 1 saturated heterocycles. The molecule has 0 spiro atoms. The van der Waals surface area contributed by atoms with Crippen LogP contribution in [0.25, 0.3) is 0 Å². The van der Waals surface area contributed by atoms with Gasteiger partial charge in [-0.15, -0.1) is 0 Å². The molecule has 5 nitrogen and oxygen atoms in total. The van der Waals surface area contributed by atoms with Crippen LogP contribution in [0.2, 0.25) is 0 Å². The zero-order chi connectivity index (χ0) is 14.1. The molecule has 3 rings (SSSR count). The molecule has 1 heterocycles. The van der Waals surface area contributed by atoms with Crippen LogP contribution in [0.3, 0.4) is 0 Å². The predicted molar refractivity (Wildman–Crippen MR) is 72.8 cm³/mol. The molecular weight excluding hydrogens is 256 g/mol. The second-order valence-electron chi connectivity index (χ2n) is 5.57. The van der Waals surface area contributed by atoms with Crippen LogP contribution >= 0.6 is 0 Å². The van der Waals surface area contributed by atoms with Crippen LogP contribution in [0.1, 0.15) is 24.8 Å². The highest BCUT2D eigenvalue weighted by Crippen LogP contribution is 2.31.